The van der Waals surface area contributed by atoms with Gasteiger partial charge in [-0.15, -0.1) is 0 Å². The van der Waals surface area contributed by atoms with Crippen molar-refractivity contribution in [1.82, 2.24) is 10.5 Å². The van der Waals surface area contributed by atoms with E-state index in [-0.39, 0.29) is 17.6 Å². The molecule has 3 rings (SSSR count). The van der Waals surface area contributed by atoms with Crippen molar-refractivity contribution in [3.63, 3.8) is 0 Å². The summed E-state index contributed by atoms with van der Waals surface area (Å²) >= 11 is 0. The molecule has 1 saturated carbocycles. The average Bonchev–Trinajstić information content (AvgIpc) is 3.35. The molecule has 1 amide bonds. The van der Waals surface area contributed by atoms with Gasteiger partial charge in [0.2, 0.25) is 0 Å². The molecule has 2 atom stereocenters. The molecule has 1 fully saturated rings. The van der Waals surface area contributed by atoms with Crippen molar-refractivity contribution in [2.45, 2.75) is 51.5 Å². The molecule has 146 valence electrons. The van der Waals surface area contributed by atoms with Crippen LogP contribution in [-0.2, 0) is 0 Å². The molecule has 0 saturated heterocycles. The van der Waals surface area contributed by atoms with E-state index in [1.54, 1.807) is 32.4 Å². The second-order valence-electron chi connectivity index (χ2n) is 7.06. The first-order valence-electron chi connectivity index (χ1n) is 9.66. The van der Waals surface area contributed by atoms with E-state index in [1.165, 1.54) is 32.1 Å². The predicted octanol–water partition coefficient (Wildman–Crippen LogP) is 4.45. The van der Waals surface area contributed by atoms with Gasteiger partial charge in [0.1, 0.15) is 11.5 Å². The summed E-state index contributed by atoms with van der Waals surface area (Å²) in [5.41, 5.74) is 0.987. The zero-order valence-corrected chi connectivity index (χ0v) is 16.3. The van der Waals surface area contributed by atoms with E-state index in [0.29, 0.717) is 28.7 Å². The molecule has 0 aliphatic heterocycles. The second-order valence-corrected chi connectivity index (χ2v) is 7.06. The number of hydrogen-bond donors (Lipinski definition) is 1. The van der Waals surface area contributed by atoms with Crippen molar-refractivity contribution in [3.05, 3.63) is 30.0 Å². The van der Waals surface area contributed by atoms with Gasteiger partial charge in [0.15, 0.2) is 11.5 Å². The summed E-state index contributed by atoms with van der Waals surface area (Å²) in [4.78, 5) is 12.7. The van der Waals surface area contributed by atoms with Gasteiger partial charge in [0.05, 0.1) is 19.8 Å². The van der Waals surface area contributed by atoms with Gasteiger partial charge in [-0.05, 0) is 43.4 Å². The Labute approximate surface area is 160 Å². The molecule has 1 aliphatic carbocycles. The first-order chi connectivity index (χ1) is 13.2. The van der Waals surface area contributed by atoms with Crippen LogP contribution in [0.25, 0.3) is 11.3 Å². The summed E-state index contributed by atoms with van der Waals surface area (Å²) in [5, 5.41) is 7.12. The topological polar surface area (TPSA) is 73.6 Å². The van der Waals surface area contributed by atoms with Crippen molar-refractivity contribution >= 4 is 5.91 Å². The maximum Gasteiger partial charge on any atom is 0.273 e. The Morgan fingerprint density at radius 1 is 1.26 bits per heavy atom. The zero-order valence-electron chi connectivity index (χ0n) is 16.3. The molecule has 6 nitrogen and oxygen atoms in total. The number of hydrogen-bond acceptors (Lipinski definition) is 5. The van der Waals surface area contributed by atoms with Gasteiger partial charge in [0, 0.05) is 12.1 Å². The Morgan fingerprint density at radius 3 is 2.85 bits per heavy atom. The number of amides is 1. The maximum atomic E-state index is 12.7. The quantitative estimate of drug-likeness (QED) is 0.741. The SMILES string of the molecule is CCCCC1CCCC1NC(=O)c1cc(-c2cc(OC)ccc2OC)on1. The Kier molecular flexibility index (Phi) is 6.37. The molecule has 1 aromatic heterocycles. The molecular formula is C21H28N2O4. The number of methoxy groups -OCH3 is 2. The van der Waals surface area contributed by atoms with Crippen molar-refractivity contribution in [1.29, 1.82) is 0 Å². The van der Waals surface area contributed by atoms with Crippen LogP contribution in [0.2, 0.25) is 0 Å². The van der Waals surface area contributed by atoms with Gasteiger partial charge < -0.3 is 19.3 Å². The van der Waals surface area contributed by atoms with E-state index < -0.39 is 0 Å². The minimum absolute atomic E-state index is 0.180. The minimum Gasteiger partial charge on any atom is -0.497 e. The summed E-state index contributed by atoms with van der Waals surface area (Å²) in [6, 6.07) is 7.30. The minimum atomic E-state index is -0.180. The first-order valence-corrected chi connectivity index (χ1v) is 9.66. The summed E-state index contributed by atoms with van der Waals surface area (Å²) in [5.74, 6) is 2.18. The highest BCUT2D eigenvalue weighted by Crippen LogP contribution is 2.34. The third-order valence-electron chi connectivity index (χ3n) is 5.32. The fourth-order valence-corrected chi connectivity index (χ4v) is 3.80. The molecule has 0 radical (unpaired) electrons. The number of rotatable bonds is 8. The van der Waals surface area contributed by atoms with E-state index in [0.717, 1.165) is 6.42 Å². The van der Waals surface area contributed by atoms with Gasteiger partial charge in [-0.1, -0.05) is 31.3 Å². The zero-order chi connectivity index (χ0) is 19.2. The lowest BCUT2D eigenvalue weighted by Crippen LogP contribution is -2.37. The van der Waals surface area contributed by atoms with Crippen LogP contribution in [0.1, 0.15) is 55.9 Å². The van der Waals surface area contributed by atoms with E-state index in [1.807, 2.05) is 6.07 Å². The highest BCUT2D eigenvalue weighted by molar-refractivity contribution is 5.93. The standard InChI is InChI=1S/C21H28N2O4/c1-4-5-7-14-8-6-9-17(14)22-21(24)18-13-20(27-23-18)16-12-15(25-2)10-11-19(16)26-3/h10-14,17H,4-9H2,1-3H3,(H,22,24). The van der Waals surface area contributed by atoms with Crippen molar-refractivity contribution in [2.24, 2.45) is 5.92 Å². The summed E-state index contributed by atoms with van der Waals surface area (Å²) in [6.07, 6.45) is 6.97. The molecule has 1 aromatic carbocycles. The lowest BCUT2D eigenvalue weighted by Gasteiger charge is -2.20. The predicted molar refractivity (Wildman–Crippen MR) is 103 cm³/mol. The van der Waals surface area contributed by atoms with E-state index >= 15 is 0 Å². The lowest BCUT2D eigenvalue weighted by atomic mass is 9.96. The normalized spacial score (nSPS) is 19.1. The highest BCUT2D eigenvalue weighted by Gasteiger charge is 2.29. The molecule has 2 aromatic rings. The third kappa shape index (κ3) is 4.43. The smallest absolute Gasteiger partial charge is 0.273 e. The Bertz CT molecular complexity index is 771. The number of ether oxygens (including phenoxy) is 2. The van der Waals surface area contributed by atoms with Gasteiger partial charge >= 0.3 is 0 Å². The van der Waals surface area contributed by atoms with E-state index in [4.69, 9.17) is 14.0 Å². The van der Waals surface area contributed by atoms with Gasteiger partial charge in [-0.3, -0.25) is 4.79 Å². The Balaban J connectivity index is 1.73. The molecule has 1 N–H and O–H groups in total. The van der Waals surface area contributed by atoms with Crippen LogP contribution < -0.4 is 14.8 Å². The van der Waals surface area contributed by atoms with Crippen LogP contribution in [-0.4, -0.2) is 31.3 Å². The van der Waals surface area contributed by atoms with Crippen LogP contribution in [0.15, 0.2) is 28.8 Å². The number of benzene rings is 1. The van der Waals surface area contributed by atoms with Crippen LogP contribution in [0.5, 0.6) is 11.5 Å². The van der Waals surface area contributed by atoms with Crippen LogP contribution >= 0.6 is 0 Å². The van der Waals surface area contributed by atoms with Gasteiger partial charge in [-0.2, -0.15) is 0 Å². The summed E-state index contributed by atoms with van der Waals surface area (Å²) in [7, 11) is 3.19. The molecule has 1 heterocycles. The molecule has 27 heavy (non-hydrogen) atoms. The number of nitrogens with one attached hydrogen (secondary N) is 1. The first kappa shape index (κ1) is 19.3. The second kappa shape index (κ2) is 8.93. The van der Waals surface area contributed by atoms with E-state index in [9.17, 15) is 4.79 Å². The van der Waals surface area contributed by atoms with Crippen molar-refractivity contribution in [3.8, 4) is 22.8 Å². The number of nitrogens with zero attached hydrogens (tertiary/aromatic N) is 1. The van der Waals surface area contributed by atoms with Crippen molar-refractivity contribution in [2.75, 3.05) is 14.2 Å². The molecule has 6 heteroatoms. The van der Waals surface area contributed by atoms with Gasteiger partial charge in [0.25, 0.3) is 5.91 Å². The fourth-order valence-electron chi connectivity index (χ4n) is 3.80. The number of unbranched alkanes of at least 4 members (excludes halogenated alkanes) is 1. The molecule has 2 unspecified atom stereocenters. The van der Waals surface area contributed by atoms with Crippen LogP contribution in [0.3, 0.4) is 0 Å². The molecule has 0 bridgehead atoms. The lowest BCUT2D eigenvalue weighted by molar-refractivity contribution is 0.0917. The monoisotopic (exact) mass is 372 g/mol. The third-order valence-corrected chi connectivity index (χ3v) is 5.32. The maximum absolute atomic E-state index is 12.7. The Morgan fingerprint density at radius 2 is 2.11 bits per heavy atom. The summed E-state index contributed by atoms with van der Waals surface area (Å²) < 4.78 is 16.1. The largest absolute Gasteiger partial charge is 0.497 e. The summed E-state index contributed by atoms with van der Waals surface area (Å²) in [6.45, 7) is 2.20. The van der Waals surface area contributed by atoms with Crippen LogP contribution in [0.4, 0.5) is 0 Å². The Hall–Kier alpha value is -2.50. The van der Waals surface area contributed by atoms with E-state index in [2.05, 4.69) is 17.4 Å². The highest BCUT2D eigenvalue weighted by atomic mass is 16.5. The van der Waals surface area contributed by atoms with Crippen molar-refractivity contribution < 1.29 is 18.8 Å². The molecule has 1 aliphatic rings. The molecule has 0 spiro atoms. The fraction of sp³-hybridized carbons (Fsp3) is 0.524. The molecular weight excluding hydrogens is 344 g/mol. The van der Waals surface area contributed by atoms with Gasteiger partial charge in [-0.25, -0.2) is 0 Å². The number of aromatic nitrogens is 1. The number of carbonyl (C=O) groups is 1. The van der Waals surface area contributed by atoms with Crippen LogP contribution in [0, 0.1) is 5.92 Å². The average molecular weight is 372 g/mol. The number of carbonyl (C=O) groups excluding carboxylic acids is 1.